The van der Waals surface area contributed by atoms with Crippen LogP contribution in [0.1, 0.15) is 0 Å². The van der Waals surface area contributed by atoms with E-state index in [1.807, 2.05) is 41.2 Å². The zero-order chi connectivity index (χ0) is 9.10. The first-order valence-corrected chi connectivity index (χ1v) is 4.03. The topological polar surface area (TPSA) is 27.1 Å². The Kier molecular flexibility index (Phi) is 2.00. The van der Waals surface area contributed by atoms with Gasteiger partial charge < -0.3 is 9.30 Å². The van der Waals surface area contributed by atoms with Crippen LogP contribution in [0.3, 0.4) is 0 Å². The van der Waals surface area contributed by atoms with E-state index in [4.69, 9.17) is 4.74 Å². The monoisotopic (exact) mass is 174 g/mol. The minimum absolute atomic E-state index is 0.818. The average Bonchev–Trinajstić information content (AvgIpc) is 2.71. The molecule has 0 aliphatic heterocycles. The Bertz CT molecular complexity index is 382. The van der Waals surface area contributed by atoms with E-state index in [0.29, 0.717) is 0 Å². The van der Waals surface area contributed by atoms with Gasteiger partial charge in [-0.2, -0.15) is 0 Å². The summed E-state index contributed by atoms with van der Waals surface area (Å²) >= 11 is 0. The van der Waals surface area contributed by atoms with Gasteiger partial charge in [-0.1, -0.05) is 0 Å². The van der Waals surface area contributed by atoms with Crippen LogP contribution in [0.25, 0.3) is 5.82 Å². The molecule has 0 saturated heterocycles. The van der Waals surface area contributed by atoms with Crippen molar-refractivity contribution in [2.24, 2.45) is 0 Å². The van der Waals surface area contributed by atoms with Gasteiger partial charge in [-0.3, -0.25) is 0 Å². The van der Waals surface area contributed by atoms with Gasteiger partial charge in [0.25, 0.3) is 0 Å². The van der Waals surface area contributed by atoms with Crippen molar-refractivity contribution in [2.45, 2.75) is 0 Å². The van der Waals surface area contributed by atoms with E-state index in [1.165, 1.54) is 0 Å². The van der Waals surface area contributed by atoms with Crippen molar-refractivity contribution >= 4 is 0 Å². The highest BCUT2D eigenvalue weighted by Crippen LogP contribution is 2.13. The maximum absolute atomic E-state index is 5.10. The van der Waals surface area contributed by atoms with Gasteiger partial charge >= 0.3 is 0 Å². The van der Waals surface area contributed by atoms with Gasteiger partial charge in [0.1, 0.15) is 11.6 Å². The molecule has 0 amide bonds. The molecule has 0 unspecified atom stereocenters. The van der Waals surface area contributed by atoms with Crippen molar-refractivity contribution in [1.82, 2.24) is 9.55 Å². The fourth-order valence-corrected chi connectivity index (χ4v) is 1.16. The van der Waals surface area contributed by atoms with Gasteiger partial charge in [-0.05, 0) is 18.2 Å². The molecule has 0 fully saturated rings. The summed E-state index contributed by atoms with van der Waals surface area (Å²) in [4.78, 5) is 4.21. The minimum atomic E-state index is 0.818. The van der Waals surface area contributed by atoms with E-state index >= 15 is 0 Å². The minimum Gasteiger partial charge on any atom is -0.497 e. The highest BCUT2D eigenvalue weighted by Gasteiger charge is 1.97. The molecule has 66 valence electrons. The maximum atomic E-state index is 5.10. The zero-order valence-corrected chi connectivity index (χ0v) is 7.34. The molecule has 0 spiro atoms. The Morgan fingerprint density at radius 1 is 1.31 bits per heavy atom. The van der Waals surface area contributed by atoms with Gasteiger partial charge in [0.05, 0.1) is 7.11 Å². The normalized spacial score (nSPS) is 9.92. The number of hydrogen-bond acceptors (Lipinski definition) is 2. The number of pyridine rings is 1. The van der Waals surface area contributed by atoms with Crippen molar-refractivity contribution in [2.75, 3.05) is 7.11 Å². The third kappa shape index (κ3) is 1.54. The number of rotatable bonds is 2. The Hall–Kier alpha value is -1.77. The third-order valence-electron chi connectivity index (χ3n) is 1.82. The third-order valence-corrected chi connectivity index (χ3v) is 1.82. The summed E-state index contributed by atoms with van der Waals surface area (Å²) in [6, 6.07) is 7.63. The summed E-state index contributed by atoms with van der Waals surface area (Å²) in [5, 5.41) is 0. The number of nitrogens with zero attached hydrogens (tertiary/aromatic N) is 2. The second-order valence-electron chi connectivity index (χ2n) is 2.64. The molecule has 13 heavy (non-hydrogen) atoms. The molecule has 0 aliphatic carbocycles. The van der Waals surface area contributed by atoms with Crippen LogP contribution in [0.2, 0.25) is 0 Å². The lowest BCUT2D eigenvalue weighted by Crippen LogP contribution is -1.94. The smallest absolute Gasteiger partial charge is 0.140 e. The van der Waals surface area contributed by atoms with Crippen molar-refractivity contribution in [3.05, 3.63) is 42.9 Å². The molecule has 3 nitrogen and oxygen atoms in total. The Balaban J connectivity index is 2.41. The molecule has 0 saturated carbocycles. The number of ether oxygens (including phenoxy) is 1. The van der Waals surface area contributed by atoms with Crippen molar-refractivity contribution in [3.8, 4) is 11.6 Å². The van der Waals surface area contributed by atoms with Crippen molar-refractivity contribution in [3.63, 3.8) is 0 Å². The lowest BCUT2D eigenvalue weighted by molar-refractivity contribution is 0.414. The summed E-state index contributed by atoms with van der Waals surface area (Å²) in [5.74, 6) is 1.68. The standard InChI is InChI=1S/C10H10N2O/c1-13-9-4-5-11-10(8-9)12-6-2-3-7-12/h2-8H,1H3. The highest BCUT2D eigenvalue weighted by atomic mass is 16.5. The van der Waals surface area contributed by atoms with E-state index in [-0.39, 0.29) is 0 Å². The lowest BCUT2D eigenvalue weighted by Gasteiger charge is -2.03. The van der Waals surface area contributed by atoms with E-state index < -0.39 is 0 Å². The SMILES string of the molecule is COc1ccnc(-n2cccc2)c1. The van der Waals surface area contributed by atoms with Crippen LogP contribution < -0.4 is 4.74 Å². The molecule has 0 bridgehead atoms. The predicted octanol–water partition coefficient (Wildman–Crippen LogP) is 1.88. The van der Waals surface area contributed by atoms with Crippen LogP contribution in [0.5, 0.6) is 5.75 Å². The van der Waals surface area contributed by atoms with Gasteiger partial charge in [-0.25, -0.2) is 4.98 Å². The largest absolute Gasteiger partial charge is 0.497 e. The summed E-state index contributed by atoms with van der Waals surface area (Å²) < 4.78 is 7.03. The maximum Gasteiger partial charge on any atom is 0.140 e. The van der Waals surface area contributed by atoms with E-state index in [9.17, 15) is 0 Å². The van der Waals surface area contributed by atoms with Crippen molar-refractivity contribution < 1.29 is 4.74 Å². The summed E-state index contributed by atoms with van der Waals surface area (Å²) in [6.07, 6.45) is 5.62. The molecule has 3 heteroatoms. The molecule has 0 radical (unpaired) electrons. The molecular weight excluding hydrogens is 164 g/mol. The fraction of sp³-hybridized carbons (Fsp3) is 0.100. The lowest BCUT2D eigenvalue weighted by atomic mass is 10.4. The van der Waals surface area contributed by atoms with E-state index in [1.54, 1.807) is 13.3 Å². The van der Waals surface area contributed by atoms with Crippen LogP contribution >= 0.6 is 0 Å². The molecule has 2 heterocycles. The first kappa shape index (κ1) is 7.86. The fourth-order valence-electron chi connectivity index (χ4n) is 1.16. The molecule has 0 atom stereocenters. The molecule has 0 aromatic carbocycles. The van der Waals surface area contributed by atoms with E-state index in [0.717, 1.165) is 11.6 Å². The van der Waals surface area contributed by atoms with Crippen LogP contribution in [0, 0.1) is 0 Å². The molecule has 2 aromatic rings. The average molecular weight is 174 g/mol. The van der Waals surface area contributed by atoms with E-state index in [2.05, 4.69) is 4.98 Å². The van der Waals surface area contributed by atoms with Crippen LogP contribution in [-0.2, 0) is 0 Å². The van der Waals surface area contributed by atoms with Crippen LogP contribution in [0.4, 0.5) is 0 Å². The Morgan fingerprint density at radius 2 is 2.08 bits per heavy atom. The first-order chi connectivity index (χ1) is 6.40. The second kappa shape index (κ2) is 3.31. The molecule has 0 N–H and O–H groups in total. The zero-order valence-electron chi connectivity index (χ0n) is 7.34. The number of hydrogen-bond donors (Lipinski definition) is 0. The number of methoxy groups -OCH3 is 1. The van der Waals surface area contributed by atoms with Crippen molar-refractivity contribution in [1.29, 1.82) is 0 Å². The molecule has 2 rings (SSSR count). The molecule has 2 aromatic heterocycles. The van der Waals surface area contributed by atoms with Crippen LogP contribution in [-0.4, -0.2) is 16.7 Å². The van der Waals surface area contributed by atoms with Gasteiger partial charge in [0, 0.05) is 24.7 Å². The summed E-state index contributed by atoms with van der Waals surface area (Å²) in [5.41, 5.74) is 0. The van der Waals surface area contributed by atoms with Gasteiger partial charge in [0.2, 0.25) is 0 Å². The highest BCUT2D eigenvalue weighted by molar-refractivity contribution is 5.32. The van der Waals surface area contributed by atoms with Gasteiger partial charge in [-0.15, -0.1) is 0 Å². The summed E-state index contributed by atoms with van der Waals surface area (Å²) in [7, 11) is 1.65. The van der Waals surface area contributed by atoms with Crippen LogP contribution in [0.15, 0.2) is 42.9 Å². The Labute approximate surface area is 76.6 Å². The van der Waals surface area contributed by atoms with Gasteiger partial charge in [0.15, 0.2) is 0 Å². The molecular formula is C10H10N2O. The number of aromatic nitrogens is 2. The Morgan fingerprint density at radius 3 is 2.77 bits per heavy atom. The first-order valence-electron chi connectivity index (χ1n) is 4.03. The predicted molar refractivity (Wildman–Crippen MR) is 50.1 cm³/mol. The second-order valence-corrected chi connectivity index (χ2v) is 2.64. The quantitative estimate of drug-likeness (QED) is 0.695. The summed E-state index contributed by atoms with van der Waals surface area (Å²) in [6.45, 7) is 0. The molecule has 0 aliphatic rings.